The predicted molar refractivity (Wildman–Crippen MR) is 45.5 cm³/mol. The minimum absolute atomic E-state index is 0.353. The Labute approximate surface area is 80.1 Å². The molecule has 0 saturated heterocycles. The van der Waals surface area contributed by atoms with E-state index in [2.05, 4.69) is 21.6 Å². The molecule has 0 aliphatic rings. The van der Waals surface area contributed by atoms with Crippen LogP contribution in [-0.2, 0) is 18.1 Å². The van der Waals surface area contributed by atoms with E-state index < -0.39 is 19.6 Å². The van der Waals surface area contributed by atoms with Gasteiger partial charge in [0, 0.05) is 6.66 Å². The van der Waals surface area contributed by atoms with Gasteiger partial charge in [0.2, 0.25) is 0 Å². The molecule has 0 spiro atoms. The highest BCUT2D eigenvalue weighted by molar-refractivity contribution is 7.75. The van der Waals surface area contributed by atoms with Crippen molar-refractivity contribution in [2.75, 3.05) is 13.3 Å². The summed E-state index contributed by atoms with van der Waals surface area (Å²) in [6, 6.07) is 0. The number of hydroxylamine groups is 1. The fraction of sp³-hybridized carbons (Fsp3) is 0.750. The molecule has 9 heteroatoms. The monoisotopic (exact) mass is 231 g/mol. The lowest BCUT2D eigenvalue weighted by Gasteiger charge is -2.15. The van der Waals surface area contributed by atoms with Crippen molar-refractivity contribution in [3.8, 4) is 0 Å². The van der Waals surface area contributed by atoms with Gasteiger partial charge in [0.05, 0.1) is 6.61 Å². The van der Waals surface area contributed by atoms with Crippen LogP contribution in [-0.4, -0.2) is 35.4 Å². The maximum atomic E-state index is 10.7. The number of hydrogen-bond acceptors (Lipinski definition) is 6. The first kappa shape index (κ1) is 12.9. The Hall–Kier alpha value is -0.110. The van der Waals surface area contributed by atoms with Gasteiger partial charge in [0.1, 0.15) is 0 Å². The van der Waals surface area contributed by atoms with Crippen molar-refractivity contribution in [1.82, 2.24) is 5.48 Å². The first-order valence-corrected chi connectivity index (χ1v) is 5.48. The molecule has 0 aromatic carbocycles. The topological polar surface area (TPSA) is 105 Å². The zero-order chi connectivity index (χ0) is 10.5. The third kappa shape index (κ3) is 6.03. The highest BCUT2D eigenvalue weighted by Gasteiger charge is 2.25. The van der Waals surface area contributed by atoms with Crippen LogP contribution < -0.4 is 5.48 Å². The number of carbonyl (C=O) groups is 1. The van der Waals surface area contributed by atoms with Gasteiger partial charge in [0.25, 0.3) is 5.91 Å². The maximum Gasteiger partial charge on any atom is 0.325 e. The van der Waals surface area contributed by atoms with Crippen LogP contribution in [0, 0.1) is 0 Å². The molecule has 0 aromatic rings. The van der Waals surface area contributed by atoms with Crippen molar-refractivity contribution >= 4 is 26.4 Å². The number of rotatable bonds is 5. The van der Waals surface area contributed by atoms with Gasteiger partial charge in [-0.05, 0) is 12.9 Å². The van der Waals surface area contributed by atoms with Gasteiger partial charge in [-0.15, -0.1) is 0 Å². The van der Waals surface area contributed by atoms with E-state index in [0.717, 1.165) is 6.66 Å². The number of nitrogens with one attached hydrogen (secondary N) is 1. The van der Waals surface area contributed by atoms with E-state index in [1.165, 1.54) is 5.48 Å². The van der Waals surface area contributed by atoms with E-state index in [1.807, 2.05) is 0 Å². The number of carbonyl (C=O) groups excluding carboxylic acids is 1. The molecule has 2 atom stereocenters. The average Bonchev–Trinajstić information content (AvgIpc) is 2.00. The molecule has 7 nitrogen and oxygen atoms in total. The van der Waals surface area contributed by atoms with E-state index >= 15 is 0 Å². The van der Waals surface area contributed by atoms with Crippen molar-refractivity contribution in [1.29, 1.82) is 0 Å². The molecule has 1 amide bonds. The van der Waals surface area contributed by atoms with E-state index in [-0.39, 0.29) is 6.61 Å². The van der Waals surface area contributed by atoms with Gasteiger partial charge in [0.15, 0.2) is 6.10 Å². The molecule has 0 rings (SSSR count). The largest absolute Gasteiger partial charge is 0.325 e. The van der Waals surface area contributed by atoms with Crippen molar-refractivity contribution < 1.29 is 28.2 Å². The smallest absolute Gasteiger partial charge is 0.324 e. The van der Waals surface area contributed by atoms with E-state index in [0.29, 0.717) is 0 Å². The summed E-state index contributed by atoms with van der Waals surface area (Å²) in [6.45, 7) is 0.553. The highest BCUT2D eigenvalue weighted by atomic mass is 32.1. The standard InChI is InChI=1S/C4H10NO6PS/c1-12(8,9)11-3(2-10-13)4(6)5-7/h3,7,13H,2H2,1H3,(H,5,6)(H,8,9). The summed E-state index contributed by atoms with van der Waals surface area (Å²) in [5, 5.41) is 8.20. The van der Waals surface area contributed by atoms with Crippen LogP contribution in [0.5, 0.6) is 0 Å². The summed E-state index contributed by atoms with van der Waals surface area (Å²) >= 11 is 3.33. The molecule has 0 fully saturated rings. The zero-order valence-corrected chi connectivity index (χ0v) is 8.50. The summed E-state index contributed by atoms with van der Waals surface area (Å²) in [5.74, 6) is -0.981. The van der Waals surface area contributed by atoms with E-state index in [1.54, 1.807) is 0 Å². The third-order valence-corrected chi connectivity index (χ3v) is 1.75. The van der Waals surface area contributed by atoms with Gasteiger partial charge in [-0.3, -0.25) is 19.1 Å². The Bertz CT molecular complexity index is 217. The van der Waals surface area contributed by atoms with Crippen LogP contribution in [0.2, 0.25) is 0 Å². The van der Waals surface area contributed by atoms with Gasteiger partial charge < -0.3 is 9.08 Å². The summed E-state index contributed by atoms with van der Waals surface area (Å²) in [7, 11) is -3.80. The second-order valence-electron chi connectivity index (χ2n) is 2.17. The molecule has 0 heterocycles. The van der Waals surface area contributed by atoms with Crippen LogP contribution in [0.1, 0.15) is 0 Å². The second kappa shape index (κ2) is 5.58. The fourth-order valence-electron chi connectivity index (χ4n) is 0.530. The van der Waals surface area contributed by atoms with Crippen LogP contribution >= 0.6 is 20.5 Å². The summed E-state index contributed by atoms with van der Waals surface area (Å²) < 4.78 is 19.3. The first-order valence-electron chi connectivity index (χ1n) is 3.09. The quantitative estimate of drug-likeness (QED) is 0.168. The van der Waals surface area contributed by atoms with E-state index in [4.69, 9.17) is 10.1 Å². The Balaban J connectivity index is 4.26. The molecule has 2 unspecified atom stereocenters. The molecule has 0 radical (unpaired) electrons. The molecule has 0 bridgehead atoms. The van der Waals surface area contributed by atoms with Crippen LogP contribution in [0.3, 0.4) is 0 Å². The van der Waals surface area contributed by atoms with E-state index in [9.17, 15) is 9.36 Å². The molecule has 3 N–H and O–H groups in total. The Kier molecular flexibility index (Phi) is 5.54. The molecule has 78 valence electrons. The van der Waals surface area contributed by atoms with Crippen molar-refractivity contribution in [3.05, 3.63) is 0 Å². The van der Waals surface area contributed by atoms with Gasteiger partial charge >= 0.3 is 7.60 Å². The highest BCUT2D eigenvalue weighted by Crippen LogP contribution is 2.38. The Morgan fingerprint density at radius 3 is 2.62 bits per heavy atom. The van der Waals surface area contributed by atoms with Crippen molar-refractivity contribution in [2.24, 2.45) is 0 Å². The van der Waals surface area contributed by atoms with Crippen molar-refractivity contribution in [3.63, 3.8) is 0 Å². The van der Waals surface area contributed by atoms with Gasteiger partial charge in [-0.1, -0.05) is 0 Å². The third-order valence-electron chi connectivity index (χ3n) is 0.951. The van der Waals surface area contributed by atoms with Crippen LogP contribution in [0.4, 0.5) is 0 Å². The molecule has 0 saturated carbocycles. The summed E-state index contributed by atoms with van der Waals surface area (Å²) in [4.78, 5) is 19.5. The molecule has 0 aliphatic heterocycles. The summed E-state index contributed by atoms with van der Waals surface area (Å²) in [5.41, 5.74) is 1.26. The molecule has 0 aromatic heterocycles. The molecule has 0 aliphatic carbocycles. The lowest BCUT2D eigenvalue weighted by Crippen LogP contribution is -2.36. The average molecular weight is 231 g/mol. The summed E-state index contributed by atoms with van der Waals surface area (Å²) in [6.07, 6.45) is -1.37. The van der Waals surface area contributed by atoms with Crippen LogP contribution in [0.15, 0.2) is 0 Å². The van der Waals surface area contributed by atoms with Gasteiger partial charge in [-0.2, -0.15) is 0 Å². The SMILES string of the molecule is CP(=O)(O)OC(COS)C(=O)NO. The van der Waals surface area contributed by atoms with Crippen molar-refractivity contribution in [2.45, 2.75) is 6.10 Å². The lowest BCUT2D eigenvalue weighted by atomic mass is 10.4. The van der Waals surface area contributed by atoms with Gasteiger partial charge in [-0.25, -0.2) is 5.48 Å². The second-order valence-corrected chi connectivity index (χ2v) is 4.24. The number of thiol groups is 1. The number of hydrogen-bond donors (Lipinski definition) is 4. The minimum Gasteiger partial charge on any atom is -0.324 e. The fourth-order valence-corrected chi connectivity index (χ4v) is 1.29. The molecule has 13 heavy (non-hydrogen) atoms. The molecular formula is C4H10NO6PS. The zero-order valence-electron chi connectivity index (χ0n) is 6.71. The first-order chi connectivity index (χ1) is 5.90. The lowest BCUT2D eigenvalue weighted by molar-refractivity contribution is -0.137. The van der Waals surface area contributed by atoms with Crippen LogP contribution in [0.25, 0.3) is 0 Å². The maximum absolute atomic E-state index is 10.7. The Morgan fingerprint density at radius 2 is 2.31 bits per heavy atom. The normalized spacial score (nSPS) is 17.5. The number of amides is 1. The predicted octanol–water partition coefficient (Wildman–Crippen LogP) is -0.446. The minimum atomic E-state index is -3.80. The molecular weight excluding hydrogens is 221 g/mol. The Morgan fingerprint density at radius 1 is 1.77 bits per heavy atom.